The lowest BCUT2D eigenvalue weighted by Gasteiger charge is -2.49. The van der Waals surface area contributed by atoms with E-state index >= 15 is 0 Å². The van der Waals surface area contributed by atoms with Crippen LogP contribution >= 0.6 is 23.1 Å². The van der Waals surface area contributed by atoms with Gasteiger partial charge in [-0.1, -0.05) is 5.16 Å². The zero-order chi connectivity index (χ0) is 23.7. The topological polar surface area (TPSA) is 188 Å². The summed E-state index contributed by atoms with van der Waals surface area (Å²) in [5.74, 6) is -2.01. The van der Waals surface area contributed by atoms with E-state index in [4.69, 9.17) is 10.5 Å². The smallest absolute Gasteiger partial charge is 0.352 e. The molecule has 4 rings (SSSR count). The molecule has 1 fully saturated rings. The Labute approximate surface area is 194 Å². The Morgan fingerprint density at radius 2 is 2.06 bits per heavy atom. The van der Waals surface area contributed by atoms with Crippen LogP contribution in [0.25, 0.3) is 0 Å². The van der Waals surface area contributed by atoms with Gasteiger partial charge in [0.15, 0.2) is 10.8 Å². The van der Waals surface area contributed by atoms with Crippen LogP contribution in [0.3, 0.4) is 0 Å². The van der Waals surface area contributed by atoms with Gasteiger partial charge in [0.05, 0.1) is 0 Å². The fourth-order valence-corrected chi connectivity index (χ4v) is 5.20. The molecular formula is C19H17N5O7S2. The molecule has 172 valence electrons. The maximum absolute atomic E-state index is 12.8. The number of anilines is 1. The second-order valence-electron chi connectivity index (χ2n) is 6.92. The van der Waals surface area contributed by atoms with Crippen molar-refractivity contribution >= 4 is 51.7 Å². The van der Waals surface area contributed by atoms with Crippen LogP contribution in [0.4, 0.5) is 5.13 Å². The van der Waals surface area contributed by atoms with Crippen molar-refractivity contribution in [2.24, 2.45) is 5.16 Å². The van der Waals surface area contributed by atoms with Crippen molar-refractivity contribution in [2.75, 3.05) is 18.1 Å². The first-order valence-electron chi connectivity index (χ1n) is 9.36. The molecule has 1 aromatic carbocycles. The van der Waals surface area contributed by atoms with Gasteiger partial charge in [0.25, 0.3) is 11.8 Å². The molecule has 1 saturated heterocycles. The molecule has 0 bridgehead atoms. The third-order valence-electron chi connectivity index (χ3n) is 4.87. The van der Waals surface area contributed by atoms with Crippen molar-refractivity contribution in [1.82, 2.24) is 15.2 Å². The lowest BCUT2D eigenvalue weighted by molar-refractivity contribution is -0.150. The number of aromatic hydroxyl groups is 1. The first-order chi connectivity index (χ1) is 15.8. The molecule has 0 radical (unpaired) electrons. The highest BCUT2D eigenvalue weighted by Crippen LogP contribution is 2.40. The molecule has 2 atom stereocenters. The number of rotatable bonds is 7. The fraction of sp³-hybridized carbons (Fsp3) is 0.211. The van der Waals surface area contributed by atoms with Crippen LogP contribution in [0, 0.1) is 0 Å². The molecule has 2 amide bonds. The third kappa shape index (κ3) is 4.29. The number of thioether (sulfide) groups is 1. The summed E-state index contributed by atoms with van der Waals surface area (Å²) in [6.45, 7) is -0.0699. The van der Waals surface area contributed by atoms with Gasteiger partial charge in [-0.25, -0.2) is 9.78 Å². The minimum absolute atomic E-state index is 0.0530. The molecule has 2 aliphatic rings. The Morgan fingerprint density at radius 3 is 2.67 bits per heavy atom. The third-order valence-corrected chi connectivity index (χ3v) is 6.88. The molecule has 2 aromatic rings. The highest BCUT2D eigenvalue weighted by atomic mass is 32.2. The van der Waals surface area contributed by atoms with E-state index in [9.17, 15) is 29.8 Å². The highest BCUT2D eigenvalue weighted by molar-refractivity contribution is 8.00. The Hall–Kier alpha value is -3.78. The maximum atomic E-state index is 12.8. The molecular weight excluding hydrogens is 474 g/mol. The second kappa shape index (κ2) is 8.99. The van der Waals surface area contributed by atoms with Crippen molar-refractivity contribution in [2.45, 2.75) is 11.4 Å². The van der Waals surface area contributed by atoms with Crippen LogP contribution in [0.15, 0.2) is 46.1 Å². The number of amides is 2. The summed E-state index contributed by atoms with van der Waals surface area (Å²) in [5, 5.41) is 34.7. The van der Waals surface area contributed by atoms with Crippen LogP contribution < -0.4 is 15.8 Å². The number of thiazole rings is 1. The minimum Gasteiger partial charge on any atom is -0.508 e. The zero-order valence-electron chi connectivity index (χ0n) is 16.7. The molecule has 0 spiro atoms. The molecule has 33 heavy (non-hydrogen) atoms. The Bertz CT molecular complexity index is 1180. The van der Waals surface area contributed by atoms with Gasteiger partial charge in [-0.05, 0) is 24.3 Å². The van der Waals surface area contributed by atoms with Crippen LogP contribution in [0.5, 0.6) is 11.5 Å². The normalized spacial score (nSPS) is 20.2. The average molecular weight is 492 g/mol. The first-order valence-corrected chi connectivity index (χ1v) is 11.3. The Balaban J connectivity index is 1.47. The Kier molecular flexibility index (Phi) is 6.11. The van der Waals surface area contributed by atoms with E-state index in [2.05, 4.69) is 15.5 Å². The molecule has 1 unspecified atom stereocenters. The number of nitrogens with one attached hydrogen (secondary N) is 1. The molecule has 14 heteroatoms. The van der Waals surface area contributed by atoms with Gasteiger partial charge in [0, 0.05) is 16.7 Å². The number of ether oxygens (including phenoxy) is 1. The maximum Gasteiger partial charge on any atom is 0.352 e. The number of carbonyl (C=O) groups excluding carboxylic acids is 2. The number of benzene rings is 1. The number of carbonyl (C=O) groups is 3. The predicted octanol–water partition coefficient (Wildman–Crippen LogP) is 0.427. The van der Waals surface area contributed by atoms with Crippen molar-refractivity contribution in [1.29, 1.82) is 0 Å². The van der Waals surface area contributed by atoms with Crippen LogP contribution in [0.2, 0.25) is 0 Å². The number of aliphatic carboxylic acids is 1. The number of nitrogens with zero attached hydrogens (tertiary/aromatic N) is 3. The van der Waals surface area contributed by atoms with Crippen molar-refractivity contribution in [3.8, 4) is 11.5 Å². The zero-order valence-corrected chi connectivity index (χ0v) is 18.3. The van der Waals surface area contributed by atoms with E-state index in [0.717, 1.165) is 16.2 Å². The van der Waals surface area contributed by atoms with Gasteiger partial charge in [0.1, 0.15) is 40.9 Å². The fourth-order valence-electron chi connectivity index (χ4n) is 3.33. The summed E-state index contributed by atoms with van der Waals surface area (Å²) in [6.07, 6.45) is 0. The predicted molar refractivity (Wildman–Crippen MR) is 118 cm³/mol. The van der Waals surface area contributed by atoms with E-state index in [0.29, 0.717) is 11.3 Å². The van der Waals surface area contributed by atoms with E-state index in [1.807, 2.05) is 0 Å². The van der Waals surface area contributed by atoms with Crippen LogP contribution in [-0.4, -0.2) is 72.6 Å². The largest absolute Gasteiger partial charge is 0.508 e. The lowest BCUT2D eigenvalue weighted by Crippen LogP contribution is -2.71. The number of carboxylic acids is 1. The van der Waals surface area contributed by atoms with Crippen LogP contribution in [-0.2, 0) is 14.4 Å². The van der Waals surface area contributed by atoms with Gasteiger partial charge in [0.2, 0.25) is 0 Å². The number of oxime groups is 1. The van der Waals surface area contributed by atoms with Crippen molar-refractivity contribution in [3.05, 3.63) is 46.6 Å². The molecule has 3 heterocycles. The van der Waals surface area contributed by atoms with Crippen LogP contribution in [0.1, 0.15) is 5.69 Å². The molecule has 0 aliphatic carbocycles. The number of aromatic nitrogens is 1. The average Bonchev–Trinajstić information content (AvgIpc) is 3.22. The van der Waals surface area contributed by atoms with Gasteiger partial charge in [-0.2, -0.15) is 0 Å². The number of nitrogen functional groups attached to an aromatic ring is 1. The Morgan fingerprint density at radius 1 is 1.33 bits per heavy atom. The number of fused-ring (bicyclic) bond motifs is 1. The van der Waals surface area contributed by atoms with Gasteiger partial charge >= 0.3 is 5.97 Å². The summed E-state index contributed by atoms with van der Waals surface area (Å²) in [5.41, 5.74) is 5.38. The number of β-lactam (4-membered cyclic amide) rings is 1. The second-order valence-corrected chi connectivity index (χ2v) is 8.92. The van der Waals surface area contributed by atoms with Gasteiger partial charge < -0.3 is 31.2 Å². The van der Waals surface area contributed by atoms with Gasteiger partial charge in [-0.3, -0.25) is 14.5 Å². The van der Waals surface area contributed by atoms with Crippen molar-refractivity contribution in [3.63, 3.8) is 0 Å². The molecule has 1 aromatic heterocycles. The van der Waals surface area contributed by atoms with E-state index in [1.54, 1.807) is 0 Å². The monoisotopic (exact) mass is 491 g/mol. The number of phenolic OH excluding ortho intramolecular Hbond substituents is 1. The van der Waals surface area contributed by atoms with E-state index < -0.39 is 34.9 Å². The highest BCUT2D eigenvalue weighted by Gasteiger charge is 2.54. The van der Waals surface area contributed by atoms with E-state index in [-0.39, 0.29) is 34.6 Å². The summed E-state index contributed by atoms with van der Waals surface area (Å²) >= 11 is 2.32. The summed E-state index contributed by atoms with van der Waals surface area (Å²) in [4.78, 5) is 42.2. The quantitative estimate of drug-likeness (QED) is 0.157. The summed E-state index contributed by atoms with van der Waals surface area (Å²) in [6, 6.07) is 4.93. The summed E-state index contributed by atoms with van der Waals surface area (Å²) in [7, 11) is 0. The molecule has 6 N–H and O–H groups in total. The number of carboxylic acid groups (broad SMARTS) is 1. The number of phenols is 1. The molecule has 0 saturated carbocycles. The van der Waals surface area contributed by atoms with Gasteiger partial charge in [-0.15, -0.1) is 23.1 Å². The minimum atomic E-state index is -1.29. The summed E-state index contributed by atoms with van der Waals surface area (Å²) < 4.78 is 5.60. The number of hydrogen-bond acceptors (Lipinski definition) is 11. The lowest BCUT2D eigenvalue weighted by atomic mass is 10.0. The standard InChI is InChI=1S/C19H17N5O7S2/c20-19-21-11(7-33-19)12(23-30)15(26)22-13-16(27)24-14(18(28)29)8(6-32-17(13)24)5-31-10-3-1-9(25)2-4-10/h1-4,7,13,17,25,30H,5-6H2,(H2,20,21)(H,22,26)(H,28,29)/b23-12-/t13?,17-/m1/s1. The number of nitrogens with two attached hydrogens (primary N) is 1. The first kappa shape index (κ1) is 22.4. The van der Waals surface area contributed by atoms with Crippen molar-refractivity contribution < 1.29 is 34.5 Å². The SMILES string of the molecule is Nc1nc(/C(=N/O)C(=O)NC2C(=O)N3C(C(=O)O)=C(COc4ccc(O)cc4)CS[C@H]23)cs1. The van der Waals surface area contributed by atoms with E-state index in [1.165, 1.54) is 41.4 Å². The number of hydrogen-bond donors (Lipinski definition) is 5. The molecule has 12 nitrogen and oxygen atoms in total. The molecule has 2 aliphatic heterocycles.